The third-order valence-electron chi connectivity index (χ3n) is 7.14. The molecule has 0 spiro atoms. The van der Waals surface area contributed by atoms with Crippen LogP contribution in [0.1, 0.15) is 0 Å². The van der Waals surface area contributed by atoms with Crippen molar-refractivity contribution in [3.8, 4) is 39.5 Å². The molecule has 4 aromatic heterocycles. The molecule has 0 aliphatic rings. The number of para-hydroxylation sites is 3. The van der Waals surface area contributed by atoms with Crippen molar-refractivity contribution in [3.05, 3.63) is 134 Å². The second kappa shape index (κ2) is 10.3. The Kier molecular flexibility index (Phi) is 6.30. The minimum Gasteiger partial charge on any atom is -0.481 e. The molecule has 41 heavy (non-hydrogen) atoms. The zero-order chi connectivity index (χ0) is 26.5. The number of aromatic nitrogens is 4. The summed E-state index contributed by atoms with van der Waals surface area (Å²) >= 11 is 0. The van der Waals surface area contributed by atoms with Crippen LogP contribution in [0, 0.1) is 12.1 Å². The molecule has 4 heterocycles. The summed E-state index contributed by atoms with van der Waals surface area (Å²) in [5.74, 6) is 0.524. The van der Waals surface area contributed by atoms with E-state index in [0.717, 1.165) is 66.5 Å². The van der Waals surface area contributed by atoms with Gasteiger partial charge in [-0.25, -0.2) is 0 Å². The second-order valence-corrected chi connectivity index (χ2v) is 9.57. The maximum atomic E-state index is 6.21. The number of benzene rings is 4. The van der Waals surface area contributed by atoms with E-state index in [9.17, 15) is 0 Å². The van der Waals surface area contributed by atoms with Crippen molar-refractivity contribution in [2.24, 2.45) is 0 Å². The fourth-order valence-electron chi connectivity index (χ4n) is 5.37. The number of hydrogen-bond acceptors (Lipinski definition) is 4. The average Bonchev–Trinajstić information content (AvgIpc) is 3.61. The molecule has 196 valence electrons. The van der Waals surface area contributed by atoms with Crippen LogP contribution in [-0.4, -0.2) is 19.5 Å². The molecule has 0 fully saturated rings. The molecule has 0 aliphatic carbocycles. The van der Waals surface area contributed by atoms with Gasteiger partial charge in [0.15, 0.2) is 0 Å². The largest absolute Gasteiger partial charge is 2.00 e. The summed E-state index contributed by atoms with van der Waals surface area (Å²) < 4.78 is 8.42. The molecule has 8 rings (SSSR count). The van der Waals surface area contributed by atoms with Gasteiger partial charge in [0, 0.05) is 24.1 Å². The van der Waals surface area contributed by atoms with E-state index in [4.69, 9.17) is 9.40 Å². The first-order valence-electron chi connectivity index (χ1n) is 13.0. The van der Waals surface area contributed by atoms with Gasteiger partial charge >= 0.3 is 21.1 Å². The van der Waals surface area contributed by atoms with Gasteiger partial charge in [0.25, 0.3) is 0 Å². The number of fused-ring (bicyclic) bond motifs is 4. The Labute approximate surface area is 250 Å². The fraction of sp³-hybridized carbons (Fsp3) is 0. The number of hydrogen-bond donors (Lipinski definition) is 0. The van der Waals surface area contributed by atoms with Crippen LogP contribution in [-0.2, 0) is 21.1 Å². The zero-order valence-corrected chi connectivity index (χ0v) is 23.8. The van der Waals surface area contributed by atoms with Crippen LogP contribution >= 0.6 is 0 Å². The Morgan fingerprint density at radius 1 is 0.732 bits per heavy atom. The molecule has 4 aromatic carbocycles. The van der Waals surface area contributed by atoms with Gasteiger partial charge in [-0.1, -0.05) is 65.0 Å². The molecule has 0 saturated carbocycles. The Morgan fingerprint density at radius 2 is 1.61 bits per heavy atom. The monoisotopic (exact) mass is 707 g/mol. The molecular weight excluding hydrogens is 687 g/mol. The number of rotatable bonds is 4. The molecule has 5 nitrogen and oxygen atoms in total. The predicted octanol–water partition coefficient (Wildman–Crippen LogP) is 8.31. The molecule has 0 radical (unpaired) electrons. The van der Waals surface area contributed by atoms with E-state index in [1.54, 1.807) is 12.4 Å². The number of oxazole rings is 1. The van der Waals surface area contributed by atoms with Crippen molar-refractivity contribution in [1.29, 1.82) is 0 Å². The molecule has 0 atom stereocenters. The molecule has 0 aliphatic heterocycles. The third kappa shape index (κ3) is 4.26. The van der Waals surface area contributed by atoms with E-state index in [2.05, 4.69) is 69.1 Å². The van der Waals surface area contributed by atoms with Crippen molar-refractivity contribution < 1.29 is 25.5 Å². The van der Waals surface area contributed by atoms with E-state index < -0.39 is 0 Å². The minimum atomic E-state index is 0. The molecule has 0 unspecified atom stereocenters. The van der Waals surface area contributed by atoms with Crippen LogP contribution in [0.15, 0.2) is 126 Å². The Hall–Kier alpha value is -4.86. The van der Waals surface area contributed by atoms with Crippen LogP contribution in [0.5, 0.6) is 0 Å². The molecule has 0 amide bonds. The number of nitrogens with zero attached hydrogens (tertiary/aromatic N) is 4. The van der Waals surface area contributed by atoms with E-state index in [0.29, 0.717) is 5.89 Å². The van der Waals surface area contributed by atoms with Crippen LogP contribution in [0.25, 0.3) is 72.4 Å². The smallest absolute Gasteiger partial charge is 0.481 e. The third-order valence-corrected chi connectivity index (χ3v) is 7.14. The molecule has 0 saturated heterocycles. The van der Waals surface area contributed by atoms with Gasteiger partial charge in [-0.15, -0.1) is 42.0 Å². The first-order chi connectivity index (χ1) is 19.8. The van der Waals surface area contributed by atoms with Crippen molar-refractivity contribution in [3.63, 3.8) is 0 Å². The molecule has 0 bridgehead atoms. The van der Waals surface area contributed by atoms with Gasteiger partial charge in [0.2, 0.25) is 0 Å². The van der Waals surface area contributed by atoms with Gasteiger partial charge in [-0.05, 0) is 58.2 Å². The van der Waals surface area contributed by atoms with Gasteiger partial charge < -0.3 is 14.0 Å². The van der Waals surface area contributed by atoms with Gasteiger partial charge in [-0.2, -0.15) is 0 Å². The van der Waals surface area contributed by atoms with Crippen molar-refractivity contribution >= 4 is 32.9 Å². The van der Waals surface area contributed by atoms with E-state index in [1.807, 2.05) is 66.9 Å². The maximum absolute atomic E-state index is 6.21. The first-order valence-corrected chi connectivity index (χ1v) is 13.0. The van der Waals surface area contributed by atoms with E-state index in [1.165, 1.54) is 0 Å². The summed E-state index contributed by atoms with van der Waals surface area (Å²) in [5.41, 5.74) is 9.03. The molecule has 0 N–H and O–H groups in total. The van der Waals surface area contributed by atoms with Crippen molar-refractivity contribution in [1.82, 2.24) is 19.5 Å². The summed E-state index contributed by atoms with van der Waals surface area (Å²) in [6.45, 7) is 0. The number of pyridine rings is 2. The predicted molar refractivity (Wildman–Crippen MR) is 158 cm³/mol. The van der Waals surface area contributed by atoms with Crippen LogP contribution in [0.3, 0.4) is 0 Å². The van der Waals surface area contributed by atoms with Gasteiger partial charge in [0.1, 0.15) is 11.5 Å². The molecule has 8 aromatic rings. The van der Waals surface area contributed by atoms with Gasteiger partial charge in [-0.3, -0.25) is 9.97 Å². The summed E-state index contributed by atoms with van der Waals surface area (Å²) in [6.07, 6.45) is 5.49. The van der Waals surface area contributed by atoms with Crippen LogP contribution in [0.2, 0.25) is 0 Å². The minimum absolute atomic E-state index is 0. The van der Waals surface area contributed by atoms with Crippen molar-refractivity contribution in [2.75, 3.05) is 0 Å². The summed E-state index contributed by atoms with van der Waals surface area (Å²) in [7, 11) is 0. The SMILES string of the molecule is [Pt+2].[c-]1c(-c2ccccn2)cccc1-n1c2[c-]c(-c3nc4ccccc4o3)cc(-c3cccnc3)c2c2ccccc21. The normalized spacial score (nSPS) is 11.2. The van der Waals surface area contributed by atoms with Gasteiger partial charge in [0.05, 0.1) is 5.52 Å². The maximum Gasteiger partial charge on any atom is 2.00 e. The quantitative estimate of drug-likeness (QED) is 0.173. The Bertz CT molecular complexity index is 2140. The summed E-state index contributed by atoms with van der Waals surface area (Å²) in [5, 5.41) is 2.20. The Balaban J connectivity index is 0.00000276. The second-order valence-electron chi connectivity index (χ2n) is 9.57. The Morgan fingerprint density at radius 3 is 2.46 bits per heavy atom. The average molecular weight is 708 g/mol. The fourth-order valence-corrected chi connectivity index (χ4v) is 5.37. The summed E-state index contributed by atoms with van der Waals surface area (Å²) in [4.78, 5) is 13.8. The van der Waals surface area contributed by atoms with Crippen molar-refractivity contribution in [2.45, 2.75) is 0 Å². The first kappa shape index (κ1) is 25.1. The zero-order valence-electron chi connectivity index (χ0n) is 21.6. The molecular formula is C35H20N4OPt. The summed E-state index contributed by atoms with van der Waals surface area (Å²) in [6, 6.07) is 41.7. The van der Waals surface area contributed by atoms with E-state index >= 15 is 0 Å². The molecule has 6 heteroatoms. The standard InChI is InChI=1S/C35H20N4O.Pt/c1-3-15-31-27(12-1)34-28(24-10-8-17-36-22-24)20-25(35-38-30-14-2-4-16-33(30)40-35)21-32(34)39(31)26-11-7-9-23(19-26)29-13-5-6-18-37-29;/h1-18,20,22H;/q-2;+2. The van der Waals surface area contributed by atoms with Crippen LogP contribution in [0.4, 0.5) is 0 Å². The van der Waals surface area contributed by atoms with E-state index in [-0.39, 0.29) is 21.1 Å². The topological polar surface area (TPSA) is 56.7 Å². The van der Waals surface area contributed by atoms with Crippen LogP contribution < -0.4 is 0 Å².